The predicted octanol–water partition coefficient (Wildman–Crippen LogP) is 3.49. The highest BCUT2D eigenvalue weighted by molar-refractivity contribution is 5.76. The number of carbonyl (C=O) groups is 1. The van der Waals surface area contributed by atoms with Crippen molar-refractivity contribution in [2.75, 3.05) is 6.54 Å². The van der Waals surface area contributed by atoms with Gasteiger partial charge in [-0.1, -0.05) is 27.7 Å². The van der Waals surface area contributed by atoms with E-state index in [-0.39, 0.29) is 11.4 Å². The first-order valence-electron chi connectivity index (χ1n) is 7.93. The molecule has 0 aliphatic heterocycles. The summed E-state index contributed by atoms with van der Waals surface area (Å²) in [7, 11) is 0. The average molecular weight is 282 g/mol. The molecule has 3 nitrogen and oxygen atoms in total. The van der Waals surface area contributed by atoms with Crippen LogP contribution in [-0.4, -0.2) is 24.0 Å². The molecule has 0 spiro atoms. The summed E-state index contributed by atoms with van der Waals surface area (Å²) in [6, 6.07) is 0.330. The second-order valence-corrected chi connectivity index (χ2v) is 9.10. The van der Waals surface area contributed by atoms with E-state index in [0.717, 1.165) is 19.4 Å². The number of hydrogen-bond acceptors (Lipinski definition) is 2. The van der Waals surface area contributed by atoms with Crippen LogP contribution in [0.15, 0.2) is 0 Å². The van der Waals surface area contributed by atoms with Gasteiger partial charge >= 0.3 is 0 Å². The molecule has 1 aliphatic rings. The van der Waals surface area contributed by atoms with Crippen LogP contribution in [0, 0.1) is 10.8 Å². The van der Waals surface area contributed by atoms with Gasteiger partial charge in [0.15, 0.2) is 0 Å². The molecule has 3 heteroatoms. The van der Waals surface area contributed by atoms with E-state index < -0.39 is 0 Å². The van der Waals surface area contributed by atoms with Crippen LogP contribution in [0.3, 0.4) is 0 Å². The maximum absolute atomic E-state index is 12.1. The molecule has 0 aromatic heterocycles. The van der Waals surface area contributed by atoms with Crippen molar-refractivity contribution in [1.82, 2.24) is 10.6 Å². The van der Waals surface area contributed by atoms with Crippen molar-refractivity contribution in [1.29, 1.82) is 0 Å². The molecular formula is C17H34N2O. The summed E-state index contributed by atoms with van der Waals surface area (Å²) in [5.74, 6) is 0.181. The highest BCUT2D eigenvalue weighted by Gasteiger charge is 2.38. The first kappa shape index (κ1) is 17.5. The fourth-order valence-corrected chi connectivity index (χ4v) is 3.80. The summed E-state index contributed by atoms with van der Waals surface area (Å²) < 4.78 is 0. The van der Waals surface area contributed by atoms with Gasteiger partial charge in [0.1, 0.15) is 0 Å². The first-order valence-corrected chi connectivity index (χ1v) is 7.93. The summed E-state index contributed by atoms with van der Waals surface area (Å²) in [6.45, 7) is 16.4. The fourth-order valence-electron chi connectivity index (χ4n) is 3.80. The largest absolute Gasteiger partial charge is 0.353 e. The van der Waals surface area contributed by atoms with Crippen LogP contribution < -0.4 is 10.6 Å². The summed E-state index contributed by atoms with van der Waals surface area (Å²) in [5.41, 5.74) is 0.724. The normalized spacial score (nSPS) is 22.6. The van der Waals surface area contributed by atoms with Gasteiger partial charge in [0.2, 0.25) is 5.91 Å². The van der Waals surface area contributed by atoms with E-state index in [1.165, 1.54) is 6.42 Å². The lowest BCUT2D eigenvalue weighted by Crippen LogP contribution is -2.47. The van der Waals surface area contributed by atoms with Crippen LogP contribution in [0.2, 0.25) is 0 Å². The van der Waals surface area contributed by atoms with Crippen molar-refractivity contribution in [2.24, 2.45) is 10.8 Å². The van der Waals surface area contributed by atoms with Gasteiger partial charge in [0.05, 0.1) is 0 Å². The van der Waals surface area contributed by atoms with Crippen molar-refractivity contribution in [3.05, 3.63) is 0 Å². The third-order valence-electron chi connectivity index (χ3n) is 3.93. The number of hydrogen-bond donors (Lipinski definition) is 2. The third-order valence-corrected chi connectivity index (χ3v) is 3.93. The zero-order valence-electron chi connectivity index (χ0n) is 14.5. The molecule has 1 aliphatic carbocycles. The quantitative estimate of drug-likeness (QED) is 0.829. The topological polar surface area (TPSA) is 41.1 Å². The van der Waals surface area contributed by atoms with Crippen LogP contribution in [-0.2, 0) is 4.79 Å². The molecule has 2 N–H and O–H groups in total. The minimum Gasteiger partial charge on any atom is -0.353 e. The van der Waals surface area contributed by atoms with Gasteiger partial charge < -0.3 is 10.6 Å². The van der Waals surface area contributed by atoms with Crippen LogP contribution in [0.25, 0.3) is 0 Å². The molecule has 0 aromatic rings. The lowest BCUT2D eigenvalue weighted by molar-refractivity contribution is -0.122. The van der Waals surface area contributed by atoms with Crippen LogP contribution in [0.5, 0.6) is 0 Å². The molecule has 0 heterocycles. The van der Waals surface area contributed by atoms with Crippen molar-refractivity contribution in [3.63, 3.8) is 0 Å². The van der Waals surface area contributed by atoms with Gasteiger partial charge in [-0.05, 0) is 50.9 Å². The van der Waals surface area contributed by atoms with Crippen LogP contribution in [0.4, 0.5) is 0 Å². The van der Waals surface area contributed by atoms with Gasteiger partial charge in [-0.3, -0.25) is 4.79 Å². The highest BCUT2D eigenvalue weighted by atomic mass is 16.1. The first-order chi connectivity index (χ1) is 8.89. The maximum Gasteiger partial charge on any atom is 0.221 e. The third kappa shape index (κ3) is 6.74. The second-order valence-electron chi connectivity index (χ2n) is 9.10. The Labute approximate surface area is 125 Å². The van der Waals surface area contributed by atoms with E-state index in [1.807, 2.05) is 0 Å². The van der Waals surface area contributed by atoms with E-state index in [0.29, 0.717) is 23.3 Å². The van der Waals surface area contributed by atoms with Crippen molar-refractivity contribution < 1.29 is 4.79 Å². The zero-order chi connectivity index (χ0) is 15.6. The van der Waals surface area contributed by atoms with Gasteiger partial charge in [-0.25, -0.2) is 0 Å². The Balaban J connectivity index is 2.41. The fraction of sp³-hybridized carbons (Fsp3) is 0.941. The maximum atomic E-state index is 12.1. The molecule has 1 rings (SSSR count). The second kappa shape index (κ2) is 6.05. The van der Waals surface area contributed by atoms with Crippen molar-refractivity contribution in [2.45, 2.75) is 85.7 Å². The molecule has 0 radical (unpaired) electrons. The van der Waals surface area contributed by atoms with Gasteiger partial charge in [0.25, 0.3) is 0 Å². The Bertz CT molecular complexity index is 323. The van der Waals surface area contributed by atoms with E-state index in [1.54, 1.807) is 0 Å². The molecule has 1 saturated carbocycles. The van der Waals surface area contributed by atoms with E-state index >= 15 is 0 Å². The lowest BCUT2D eigenvalue weighted by Gasteiger charge is -2.45. The molecule has 0 aromatic carbocycles. The van der Waals surface area contributed by atoms with Gasteiger partial charge in [-0.15, -0.1) is 0 Å². The molecule has 1 fully saturated rings. The number of nitrogens with one attached hydrogen (secondary N) is 2. The summed E-state index contributed by atoms with van der Waals surface area (Å²) in [5, 5.41) is 6.60. The standard InChI is InChI=1S/C17H34N2O/c1-15(2,3)18-9-8-14(20)19-13-10-16(4,5)12-17(6,7)11-13/h13,18H,8-12H2,1-7H3,(H,19,20). The van der Waals surface area contributed by atoms with Crippen LogP contribution >= 0.6 is 0 Å². The number of amides is 1. The van der Waals surface area contributed by atoms with Crippen molar-refractivity contribution >= 4 is 5.91 Å². The van der Waals surface area contributed by atoms with E-state index in [9.17, 15) is 4.79 Å². The smallest absolute Gasteiger partial charge is 0.221 e. The highest BCUT2D eigenvalue weighted by Crippen LogP contribution is 2.45. The van der Waals surface area contributed by atoms with E-state index in [2.05, 4.69) is 59.1 Å². The Morgan fingerprint density at radius 3 is 2.05 bits per heavy atom. The van der Waals surface area contributed by atoms with E-state index in [4.69, 9.17) is 0 Å². The van der Waals surface area contributed by atoms with Gasteiger partial charge in [-0.2, -0.15) is 0 Å². The molecule has 118 valence electrons. The summed E-state index contributed by atoms with van der Waals surface area (Å²) >= 11 is 0. The Morgan fingerprint density at radius 1 is 1.10 bits per heavy atom. The Morgan fingerprint density at radius 2 is 1.60 bits per heavy atom. The molecule has 0 saturated heterocycles. The average Bonchev–Trinajstić information content (AvgIpc) is 2.08. The molecule has 20 heavy (non-hydrogen) atoms. The predicted molar refractivity (Wildman–Crippen MR) is 85.7 cm³/mol. The minimum absolute atomic E-state index is 0.0785. The lowest BCUT2D eigenvalue weighted by atomic mass is 9.63. The Hall–Kier alpha value is -0.570. The molecule has 0 unspecified atom stereocenters. The summed E-state index contributed by atoms with van der Waals surface area (Å²) in [4.78, 5) is 12.1. The Kier molecular flexibility index (Phi) is 5.29. The number of rotatable bonds is 4. The zero-order valence-corrected chi connectivity index (χ0v) is 14.5. The monoisotopic (exact) mass is 282 g/mol. The molecule has 0 bridgehead atoms. The molecule has 1 amide bonds. The minimum atomic E-state index is 0.0785. The SMILES string of the molecule is CC1(C)CC(NC(=O)CCNC(C)(C)C)CC(C)(C)C1. The van der Waals surface area contributed by atoms with Crippen LogP contribution in [0.1, 0.15) is 74.1 Å². The van der Waals surface area contributed by atoms with Crippen molar-refractivity contribution in [3.8, 4) is 0 Å². The molecule has 0 atom stereocenters. The van der Waals surface area contributed by atoms with Gasteiger partial charge in [0, 0.05) is 24.5 Å². The summed E-state index contributed by atoms with van der Waals surface area (Å²) in [6.07, 6.45) is 3.98. The number of carbonyl (C=O) groups excluding carboxylic acids is 1. The molecular weight excluding hydrogens is 248 g/mol.